The number of benzene rings is 2. The summed E-state index contributed by atoms with van der Waals surface area (Å²) in [5.41, 5.74) is 2.09. The van der Waals surface area contributed by atoms with Gasteiger partial charge < -0.3 is 4.74 Å². The van der Waals surface area contributed by atoms with E-state index in [4.69, 9.17) is 17.0 Å². The minimum absolute atomic E-state index is 0.509. The zero-order chi connectivity index (χ0) is 18.4. The molecule has 3 aromatic rings. The molecule has 0 aliphatic heterocycles. The van der Waals surface area contributed by atoms with Crippen LogP contribution in [-0.4, -0.2) is 38.3 Å². The molecule has 0 saturated carbocycles. The summed E-state index contributed by atoms with van der Waals surface area (Å²) in [6.07, 6.45) is 1.73. The molecule has 2 aromatic carbocycles. The highest BCUT2D eigenvalue weighted by Crippen LogP contribution is 2.14. The molecule has 0 aliphatic carbocycles. The molecule has 0 atom stereocenters. The summed E-state index contributed by atoms with van der Waals surface area (Å²) in [7, 11) is 2.02. The standard InChI is InChI=1S/C19H21N5OS/c1-3-13-25-18-11-9-16(10-12-18)14-22(2)15-23-19(26)24(21-20-23)17-7-5-4-6-8-17/h3-12H,1,13-15H2,2H3. The van der Waals surface area contributed by atoms with E-state index < -0.39 is 0 Å². The lowest BCUT2D eigenvalue weighted by Gasteiger charge is -2.16. The molecule has 0 saturated heterocycles. The van der Waals surface area contributed by atoms with Gasteiger partial charge in [-0.25, -0.2) is 4.68 Å². The fraction of sp³-hybridized carbons (Fsp3) is 0.211. The predicted octanol–water partition coefficient (Wildman–Crippen LogP) is 3.45. The molecule has 0 amide bonds. The fourth-order valence-corrected chi connectivity index (χ4v) is 2.77. The van der Waals surface area contributed by atoms with Gasteiger partial charge in [0.05, 0.1) is 12.4 Å². The highest BCUT2D eigenvalue weighted by molar-refractivity contribution is 7.71. The first-order valence-electron chi connectivity index (χ1n) is 8.27. The van der Waals surface area contributed by atoms with E-state index in [1.165, 1.54) is 5.56 Å². The maximum atomic E-state index is 5.50. The van der Waals surface area contributed by atoms with E-state index in [0.717, 1.165) is 18.0 Å². The van der Waals surface area contributed by atoms with Crippen LogP contribution in [0, 0.1) is 4.77 Å². The number of nitrogens with zero attached hydrogens (tertiary/aromatic N) is 5. The van der Waals surface area contributed by atoms with Crippen molar-refractivity contribution in [3.63, 3.8) is 0 Å². The number of tetrazole rings is 1. The summed E-state index contributed by atoms with van der Waals surface area (Å²) >= 11 is 5.50. The molecule has 0 aliphatic rings. The average Bonchev–Trinajstić information content (AvgIpc) is 3.02. The molecule has 0 spiro atoms. The van der Waals surface area contributed by atoms with Crippen LogP contribution < -0.4 is 4.74 Å². The van der Waals surface area contributed by atoms with Gasteiger partial charge in [-0.15, -0.1) is 0 Å². The van der Waals surface area contributed by atoms with Crippen molar-refractivity contribution in [3.8, 4) is 11.4 Å². The molecular formula is C19H21N5OS. The molecule has 1 heterocycles. The number of para-hydroxylation sites is 1. The van der Waals surface area contributed by atoms with E-state index in [1.54, 1.807) is 15.4 Å². The van der Waals surface area contributed by atoms with Crippen LogP contribution in [0.15, 0.2) is 67.3 Å². The lowest BCUT2D eigenvalue weighted by molar-refractivity contribution is 0.242. The highest BCUT2D eigenvalue weighted by atomic mass is 32.1. The second kappa shape index (κ2) is 8.55. The highest BCUT2D eigenvalue weighted by Gasteiger charge is 2.08. The Bertz CT molecular complexity index is 902. The lowest BCUT2D eigenvalue weighted by Crippen LogP contribution is -2.22. The second-order valence-corrected chi connectivity index (χ2v) is 6.27. The topological polar surface area (TPSA) is 48.1 Å². The predicted molar refractivity (Wildman–Crippen MR) is 104 cm³/mol. The SMILES string of the molecule is C=CCOc1ccc(CN(C)Cn2nnn(-c3ccccc3)c2=S)cc1. The van der Waals surface area contributed by atoms with Crippen LogP contribution in [0.3, 0.4) is 0 Å². The lowest BCUT2D eigenvalue weighted by atomic mass is 10.2. The van der Waals surface area contributed by atoms with E-state index >= 15 is 0 Å². The molecular weight excluding hydrogens is 346 g/mol. The van der Waals surface area contributed by atoms with Gasteiger partial charge in [0.2, 0.25) is 4.77 Å². The van der Waals surface area contributed by atoms with Gasteiger partial charge in [0, 0.05) is 6.54 Å². The van der Waals surface area contributed by atoms with Crippen molar-refractivity contribution >= 4 is 12.2 Å². The Morgan fingerprint density at radius 1 is 1.12 bits per heavy atom. The normalized spacial score (nSPS) is 10.8. The van der Waals surface area contributed by atoms with Crippen LogP contribution in [-0.2, 0) is 13.2 Å². The molecule has 7 heteroatoms. The molecule has 134 valence electrons. The van der Waals surface area contributed by atoms with Gasteiger partial charge in [-0.3, -0.25) is 4.90 Å². The van der Waals surface area contributed by atoms with Crippen LogP contribution in [0.1, 0.15) is 5.56 Å². The average molecular weight is 367 g/mol. The van der Waals surface area contributed by atoms with Gasteiger partial charge in [-0.1, -0.05) is 43.0 Å². The molecule has 1 aromatic heterocycles. The first-order chi connectivity index (χ1) is 12.7. The number of rotatable bonds is 8. The van der Waals surface area contributed by atoms with Crippen molar-refractivity contribution in [3.05, 3.63) is 77.6 Å². The number of hydrogen-bond donors (Lipinski definition) is 0. The maximum Gasteiger partial charge on any atom is 0.221 e. The summed E-state index contributed by atoms with van der Waals surface area (Å²) in [4.78, 5) is 2.12. The molecule has 0 radical (unpaired) electrons. The third-order valence-corrected chi connectivity index (χ3v) is 4.14. The summed E-state index contributed by atoms with van der Waals surface area (Å²) in [6.45, 7) is 5.48. The van der Waals surface area contributed by atoms with E-state index in [-0.39, 0.29) is 0 Å². The largest absolute Gasteiger partial charge is 0.490 e. The summed E-state index contributed by atoms with van der Waals surface area (Å²) in [5, 5.41) is 8.34. The van der Waals surface area contributed by atoms with Crippen molar-refractivity contribution in [2.24, 2.45) is 0 Å². The van der Waals surface area contributed by atoms with Crippen molar-refractivity contribution in [1.29, 1.82) is 0 Å². The Balaban J connectivity index is 1.63. The van der Waals surface area contributed by atoms with Crippen LogP contribution in [0.4, 0.5) is 0 Å². The fourth-order valence-electron chi connectivity index (χ4n) is 2.53. The van der Waals surface area contributed by atoms with Crippen LogP contribution in [0.25, 0.3) is 5.69 Å². The minimum atomic E-state index is 0.509. The van der Waals surface area contributed by atoms with E-state index in [2.05, 4.69) is 34.0 Å². The quantitative estimate of drug-likeness (QED) is 0.451. The Labute approximate surface area is 157 Å². The summed E-state index contributed by atoms with van der Waals surface area (Å²) < 4.78 is 9.44. The molecule has 26 heavy (non-hydrogen) atoms. The van der Waals surface area contributed by atoms with Gasteiger partial charge in [0.15, 0.2) is 0 Å². The molecule has 0 bridgehead atoms. The molecule has 3 rings (SSSR count). The molecule has 0 fully saturated rings. The van der Waals surface area contributed by atoms with Crippen molar-refractivity contribution in [1.82, 2.24) is 24.7 Å². The number of aromatic nitrogens is 4. The van der Waals surface area contributed by atoms with Gasteiger partial charge in [0.25, 0.3) is 0 Å². The van der Waals surface area contributed by atoms with Crippen molar-refractivity contribution < 1.29 is 4.74 Å². The van der Waals surface area contributed by atoms with Gasteiger partial charge in [-0.2, -0.15) is 4.68 Å². The first kappa shape index (κ1) is 18.0. The molecule has 0 unspecified atom stereocenters. The van der Waals surface area contributed by atoms with Gasteiger partial charge >= 0.3 is 0 Å². The smallest absolute Gasteiger partial charge is 0.221 e. The van der Waals surface area contributed by atoms with Crippen LogP contribution >= 0.6 is 12.2 Å². The van der Waals surface area contributed by atoms with Gasteiger partial charge in [0.1, 0.15) is 12.4 Å². The summed E-state index contributed by atoms with van der Waals surface area (Å²) in [6, 6.07) is 17.8. The third-order valence-electron chi connectivity index (χ3n) is 3.76. The monoisotopic (exact) mass is 367 g/mol. The minimum Gasteiger partial charge on any atom is -0.490 e. The van der Waals surface area contributed by atoms with Crippen LogP contribution in [0.5, 0.6) is 5.75 Å². The maximum absolute atomic E-state index is 5.50. The van der Waals surface area contributed by atoms with E-state index in [9.17, 15) is 0 Å². The molecule has 0 N–H and O–H groups in total. The Kier molecular flexibility index (Phi) is 5.93. The summed E-state index contributed by atoms with van der Waals surface area (Å²) in [5.74, 6) is 0.837. The number of ether oxygens (including phenoxy) is 1. The van der Waals surface area contributed by atoms with Crippen LogP contribution in [0.2, 0.25) is 0 Å². The Hall–Kier alpha value is -2.77. The Morgan fingerprint density at radius 3 is 2.54 bits per heavy atom. The second-order valence-electron chi connectivity index (χ2n) is 5.91. The third kappa shape index (κ3) is 4.44. The van der Waals surface area contributed by atoms with E-state index in [0.29, 0.717) is 18.0 Å². The Morgan fingerprint density at radius 2 is 1.85 bits per heavy atom. The van der Waals surface area contributed by atoms with Gasteiger partial charge in [-0.05, 0) is 59.5 Å². The molecule has 6 nitrogen and oxygen atoms in total. The van der Waals surface area contributed by atoms with Crippen molar-refractivity contribution in [2.75, 3.05) is 13.7 Å². The zero-order valence-corrected chi connectivity index (χ0v) is 15.5. The zero-order valence-electron chi connectivity index (χ0n) is 14.7. The number of hydrogen-bond acceptors (Lipinski definition) is 5. The first-order valence-corrected chi connectivity index (χ1v) is 8.67. The van der Waals surface area contributed by atoms with E-state index in [1.807, 2.05) is 49.5 Å². The van der Waals surface area contributed by atoms with Crippen molar-refractivity contribution in [2.45, 2.75) is 13.2 Å².